The van der Waals surface area contributed by atoms with Gasteiger partial charge in [0, 0.05) is 48.3 Å². The first kappa shape index (κ1) is 16.0. The van der Waals surface area contributed by atoms with Gasteiger partial charge in [0.1, 0.15) is 0 Å². The highest BCUT2D eigenvalue weighted by Gasteiger charge is 2.23. The summed E-state index contributed by atoms with van der Waals surface area (Å²) in [4.78, 5) is 14.4. The second-order valence-electron chi connectivity index (χ2n) is 5.36. The van der Waals surface area contributed by atoms with Gasteiger partial charge in [0.15, 0.2) is 0 Å². The summed E-state index contributed by atoms with van der Waals surface area (Å²) in [5, 5.41) is 2.98. The molecule has 0 aliphatic carbocycles. The molecule has 1 saturated heterocycles. The smallest absolute Gasteiger partial charge is 0.244 e. The van der Waals surface area contributed by atoms with Crippen molar-refractivity contribution in [2.75, 3.05) is 31.1 Å². The first-order valence-electron chi connectivity index (χ1n) is 7.65. The van der Waals surface area contributed by atoms with Crippen molar-refractivity contribution >= 4 is 23.7 Å². The van der Waals surface area contributed by atoms with Crippen LogP contribution in [0.15, 0.2) is 52.1 Å². The predicted molar refractivity (Wildman–Crippen MR) is 91.1 cm³/mol. The third kappa shape index (κ3) is 4.53. The Bertz CT molecular complexity index is 616. The van der Waals surface area contributed by atoms with E-state index >= 15 is 0 Å². The molecule has 1 N–H and O–H groups in total. The van der Waals surface area contributed by atoms with E-state index in [9.17, 15) is 4.79 Å². The van der Waals surface area contributed by atoms with Crippen molar-refractivity contribution in [2.24, 2.45) is 0 Å². The maximum absolute atomic E-state index is 12.0. The highest BCUT2D eigenvalue weighted by atomic mass is 32.2. The van der Waals surface area contributed by atoms with Gasteiger partial charge in [-0.3, -0.25) is 9.69 Å². The van der Waals surface area contributed by atoms with Gasteiger partial charge in [-0.15, -0.1) is 0 Å². The van der Waals surface area contributed by atoms with Crippen LogP contribution in [0.1, 0.15) is 17.2 Å². The number of carbonyl (C=O) groups excluding carboxylic acids is 1. The SMILES string of the molecule is O=C(/C=C/c1ccoc1)NCC(c1ccoc1)N1CCSCC1. The number of hydrogen-bond donors (Lipinski definition) is 1. The molecule has 3 rings (SSSR count). The van der Waals surface area contributed by atoms with E-state index in [0.29, 0.717) is 6.54 Å². The molecule has 1 aliphatic rings. The molecular weight excluding hydrogens is 312 g/mol. The van der Waals surface area contributed by atoms with Crippen molar-refractivity contribution in [1.29, 1.82) is 0 Å². The average molecular weight is 332 g/mol. The predicted octanol–water partition coefficient (Wildman–Crippen LogP) is 2.79. The molecule has 1 fully saturated rings. The minimum Gasteiger partial charge on any atom is -0.472 e. The molecule has 3 heterocycles. The minimum absolute atomic E-state index is 0.105. The Morgan fingerprint density at radius 2 is 2.04 bits per heavy atom. The topological polar surface area (TPSA) is 58.6 Å². The van der Waals surface area contributed by atoms with Crippen molar-refractivity contribution in [1.82, 2.24) is 10.2 Å². The van der Waals surface area contributed by atoms with Gasteiger partial charge >= 0.3 is 0 Å². The zero-order valence-corrected chi connectivity index (χ0v) is 13.6. The highest BCUT2D eigenvalue weighted by Crippen LogP contribution is 2.24. The zero-order chi connectivity index (χ0) is 15.9. The van der Waals surface area contributed by atoms with E-state index < -0.39 is 0 Å². The third-order valence-corrected chi connectivity index (χ3v) is 4.80. The van der Waals surface area contributed by atoms with Gasteiger partial charge in [0.2, 0.25) is 5.91 Å². The fourth-order valence-corrected chi connectivity index (χ4v) is 3.54. The molecule has 0 bridgehead atoms. The summed E-state index contributed by atoms with van der Waals surface area (Å²) in [6, 6.07) is 3.93. The number of furan rings is 2. The van der Waals surface area contributed by atoms with Crippen LogP contribution in [-0.2, 0) is 4.79 Å². The lowest BCUT2D eigenvalue weighted by atomic mass is 10.1. The van der Waals surface area contributed by atoms with Crippen molar-refractivity contribution in [3.63, 3.8) is 0 Å². The number of amides is 1. The largest absolute Gasteiger partial charge is 0.472 e. The van der Waals surface area contributed by atoms with E-state index in [-0.39, 0.29) is 11.9 Å². The Morgan fingerprint density at radius 1 is 1.26 bits per heavy atom. The molecule has 1 unspecified atom stereocenters. The molecule has 2 aromatic heterocycles. The van der Waals surface area contributed by atoms with Crippen LogP contribution in [-0.4, -0.2) is 41.9 Å². The lowest BCUT2D eigenvalue weighted by molar-refractivity contribution is -0.116. The quantitative estimate of drug-likeness (QED) is 0.824. The molecule has 122 valence electrons. The molecule has 6 heteroatoms. The summed E-state index contributed by atoms with van der Waals surface area (Å²) in [5.74, 6) is 2.15. The molecular formula is C17H20N2O3S. The van der Waals surface area contributed by atoms with E-state index in [0.717, 1.165) is 35.7 Å². The molecule has 5 nitrogen and oxygen atoms in total. The lowest BCUT2D eigenvalue weighted by Crippen LogP contribution is -2.41. The molecule has 1 aliphatic heterocycles. The van der Waals surface area contributed by atoms with Crippen LogP contribution < -0.4 is 5.32 Å². The summed E-state index contributed by atoms with van der Waals surface area (Å²) >= 11 is 1.97. The molecule has 1 atom stereocenters. The third-order valence-electron chi connectivity index (χ3n) is 3.85. The maximum Gasteiger partial charge on any atom is 0.244 e. The van der Waals surface area contributed by atoms with Crippen molar-refractivity contribution < 1.29 is 13.6 Å². The number of nitrogens with one attached hydrogen (secondary N) is 1. The van der Waals surface area contributed by atoms with E-state index in [1.165, 1.54) is 6.08 Å². The summed E-state index contributed by atoms with van der Waals surface area (Å²) in [5.41, 5.74) is 1.98. The van der Waals surface area contributed by atoms with Gasteiger partial charge in [0.25, 0.3) is 0 Å². The lowest BCUT2D eigenvalue weighted by Gasteiger charge is -2.33. The Hall–Kier alpha value is -1.92. The van der Waals surface area contributed by atoms with Gasteiger partial charge in [-0.1, -0.05) is 0 Å². The van der Waals surface area contributed by atoms with Crippen LogP contribution in [0.5, 0.6) is 0 Å². The van der Waals surface area contributed by atoms with Crippen LogP contribution in [0.2, 0.25) is 0 Å². The van der Waals surface area contributed by atoms with Gasteiger partial charge < -0.3 is 14.2 Å². The Balaban J connectivity index is 1.58. The zero-order valence-electron chi connectivity index (χ0n) is 12.8. The standard InChI is InChI=1S/C17H20N2O3S/c20-17(2-1-14-3-7-21-12-14)18-11-16(15-4-8-22-13-15)19-5-9-23-10-6-19/h1-4,7-8,12-13,16H,5-6,9-11H2,(H,18,20)/b2-1+. The molecule has 2 aromatic rings. The average Bonchev–Trinajstić information content (AvgIpc) is 3.28. The fourth-order valence-electron chi connectivity index (χ4n) is 2.61. The molecule has 0 aromatic carbocycles. The fraction of sp³-hybridized carbons (Fsp3) is 0.353. The van der Waals surface area contributed by atoms with Crippen LogP contribution in [0.4, 0.5) is 0 Å². The van der Waals surface area contributed by atoms with Gasteiger partial charge in [0.05, 0.1) is 31.1 Å². The molecule has 0 spiro atoms. The maximum atomic E-state index is 12.0. The molecule has 23 heavy (non-hydrogen) atoms. The minimum atomic E-state index is -0.105. The molecule has 0 saturated carbocycles. The number of rotatable bonds is 6. The van der Waals surface area contributed by atoms with Gasteiger partial charge in [-0.25, -0.2) is 0 Å². The Kier molecular flexibility index (Phi) is 5.60. The van der Waals surface area contributed by atoms with Crippen molar-refractivity contribution in [3.05, 3.63) is 54.4 Å². The first-order valence-corrected chi connectivity index (χ1v) is 8.80. The van der Waals surface area contributed by atoms with Crippen molar-refractivity contribution in [3.8, 4) is 0 Å². The van der Waals surface area contributed by atoms with E-state index in [2.05, 4.69) is 10.2 Å². The number of hydrogen-bond acceptors (Lipinski definition) is 5. The van der Waals surface area contributed by atoms with E-state index in [1.54, 1.807) is 31.1 Å². The molecule has 0 radical (unpaired) electrons. The second-order valence-corrected chi connectivity index (χ2v) is 6.58. The summed E-state index contributed by atoms with van der Waals surface area (Å²) in [6.07, 6.45) is 9.90. The van der Waals surface area contributed by atoms with Crippen molar-refractivity contribution in [2.45, 2.75) is 6.04 Å². The number of carbonyl (C=O) groups is 1. The van der Waals surface area contributed by atoms with Gasteiger partial charge in [-0.05, 0) is 18.2 Å². The Morgan fingerprint density at radius 3 is 2.74 bits per heavy atom. The Labute approximate surface area is 139 Å². The highest BCUT2D eigenvalue weighted by molar-refractivity contribution is 7.99. The number of thioether (sulfide) groups is 1. The van der Waals surface area contributed by atoms with E-state index in [1.807, 2.05) is 23.9 Å². The van der Waals surface area contributed by atoms with Crippen LogP contribution in [0, 0.1) is 0 Å². The van der Waals surface area contributed by atoms with Crippen LogP contribution in [0.3, 0.4) is 0 Å². The summed E-state index contributed by atoms with van der Waals surface area (Å²) in [7, 11) is 0. The van der Waals surface area contributed by atoms with Crippen LogP contribution >= 0.6 is 11.8 Å². The number of nitrogens with zero attached hydrogens (tertiary/aromatic N) is 1. The first-order chi connectivity index (χ1) is 11.3. The second kappa shape index (κ2) is 8.08. The van der Waals surface area contributed by atoms with Crippen LogP contribution in [0.25, 0.3) is 6.08 Å². The monoisotopic (exact) mass is 332 g/mol. The summed E-state index contributed by atoms with van der Waals surface area (Å²) < 4.78 is 10.2. The summed E-state index contributed by atoms with van der Waals surface area (Å²) in [6.45, 7) is 2.63. The normalized spacial score (nSPS) is 17.4. The van der Waals surface area contributed by atoms with Gasteiger partial charge in [-0.2, -0.15) is 11.8 Å². The molecule has 1 amide bonds. The van der Waals surface area contributed by atoms with E-state index in [4.69, 9.17) is 8.83 Å².